The van der Waals surface area contributed by atoms with Crippen LogP contribution in [0.4, 0.5) is 5.82 Å². The van der Waals surface area contributed by atoms with Crippen LogP contribution in [0, 0.1) is 0 Å². The molecule has 1 aromatic heterocycles. The zero-order valence-electron chi connectivity index (χ0n) is 9.55. The molecule has 6 heteroatoms. The summed E-state index contributed by atoms with van der Waals surface area (Å²) in [4.78, 5) is 20.8. The molecule has 1 N–H and O–H groups in total. The molecule has 0 atom stereocenters. The highest BCUT2D eigenvalue weighted by atomic mass is 35.5. The average Bonchev–Trinajstić information content (AvgIpc) is 2.41. The van der Waals surface area contributed by atoms with Crippen molar-refractivity contribution in [2.24, 2.45) is 0 Å². The van der Waals surface area contributed by atoms with Gasteiger partial charge in [0.25, 0.3) is 5.91 Å². The van der Waals surface area contributed by atoms with Crippen molar-refractivity contribution in [3.8, 4) is 0 Å². The third kappa shape index (κ3) is 3.00. The highest BCUT2D eigenvalue weighted by molar-refractivity contribution is 7.98. The van der Waals surface area contributed by atoms with Gasteiger partial charge < -0.3 is 5.32 Å². The maximum atomic E-state index is 12.1. The Morgan fingerprint density at radius 1 is 1.28 bits per heavy atom. The van der Waals surface area contributed by atoms with Gasteiger partial charge in [-0.25, -0.2) is 9.97 Å². The Kier molecular flexibility index (Phi) is 4.17. The number of amides is 1. The molecular weight excluding hydrogens is 270 g/mol. The van der Waals surface area contributed by atoms with Crippen LogP contribution in [0.1, 0.15) is 10.4 Å². The van der Waals surface area contributed by atoms with Crippen molar-refractivity contribution in [2.45, 2.75) is 4.90 Å². The molecule has 0 fully saturated rings. The monoisotopic (exact) mass is 279 g/mol. The number of nitrogens with one attached hydrogen (secondary N) is 1. The topological polar surface area (TPSA) is 54.9 Å². The molecule has 0 aliphatic rings. The molecule has 0 aliphatic heterocycles. The van der Waals surface area contributed by atoms with Crippen LogP contribution in [0.3, 0.4) is 0 Å². The number of thioether (sulfide) groups is 1. The number of aromatic nitrogens is 2. The van der Waals surface area contributed by atoms with Crippen LogP contribution in [0.25, 0.3) is 0 Å². The summed E-state index contributed by atoms with van der Waals surface area (Å²) in [6.07, 6.45) is 4.73. The Bertz CT molecular complexity index is 560. The van der Waals surface area contributed by atoms with Crippen LogP contribution < -0.4 is 5.32 Å². The fraction of sp³-hybridized carbons (Fsp3) is 0.0833. The SMILES string of the molecule is CSc1ccccc1C(=O)Nc1cnc(Cl)cn1. The Morgan fingerprint density at radius 3 is 2.72 bits per heavy atom. The zero-order chi connectivity index (χ0) is 13.0. The van der Waals surface area contributed by atoms with Crippen LogP contribution in [0.2, 0.25) is 5.15 Å². The lowest BCUT2D eigenvalue weighted by molar-refractivity contribution is 0.102. The summed E-state index contributed by atoms with van der Waals surface area (Å²) in [7, 11) is 0. The lowest BCUT2D eigenvalue weighted by atomic mass is 10.2. The molecule has 2 rings (SSSR count). The van der Waals surface area contributed by atoms with E-state index in [1.54, 1.807) is 6.07 Å². The standard InChI is InChI=1S/C12H10ClN3OS/c1-18-9-5-3-2-4-8(9)12(17)16-11-7-14-10(13)6-15-11/h2-7H,1H3,(H,15,16,17). The summed E-state index contributed by atoms with van der Waals surface area (Å²) in [5, 5.41) is 2.96. The zero-order valence-corrected chi connectivity index (χ0v) is 11.1. The summed E-state index contributed by atoms with van der Waals surface area (Å²) < 4.78 is 0. The van der Waals surface area contributed by atoms with E-state index in [1.807, 2.05) is 24.5 Å². The first-order valence-electron chi connectivity index (χ1n) is 5.12. The van der Waals surface area contributed by atoms with E-state index in [-0.39, 0.29) is 11.1 Å². The Balaban J connectivity index is 2.19. The van der Waals surface area contributed by atoms with E-state index in [1.165, 1.54) is 24.2 Å². The Hall–Kier alpha value is -1.59. The molecule has 0 bridgehead atoms. The second-order valence-electron chi connectivity index (χ2n) is 3.38. The number of carbonyl (C=O) groups excluding carboxylic acids is 1. The molecule has 0 unspecified atom stereocenters. The molecule has 18 heavy (non-hydrogen) atoms. The molecule has 0 aliphatic carbocycles. The number of anilines is 1. The van der Waals surface area contributed by atoms with Gasteiger partial charge in [-0.1, -0.05) is 23.7 Å². The third-order valence-corrected chi connectivity index (χ3v) is 3.20. The minimum absolute atomic E-state index is 0.212. The summed E-state index contributed by atoms with van der Waals surface area (Å²) in [5.74, 6) is 0.164. The predicted octanol–water partition coefficient (Wildman–Crippen LogP) is 3.10. The van der Waals surface area contributed by atoms with Crippen molar-refractivity contribution in [1.82, 2.24) is 9.97 Å². The molecule has 4 nitrogen and oxygen atoms in total. The molecule has 0 spiro atoms. The minimum Gasteiger partial charge on any atom is -0.305 e. The van der Waals surface area contributed by atoms with E-state index in [2.05, 4.69) is 15.3 Å². The molecule has 1 amide bonds. The second-order valence-corrected chi connectivity index (χ2v) is 4.61. The highest BCUT2D eigenvalue weighted by Gasteiger charge is 2.11. The van der Waals surface area contributed by atoms with Crippen molar-refractivity contribution in [3.63, 3.8) is 0 Å². The number of rotatable bonds is 3. The van der Waals surface area contributed by atoms with Gasteiger partial charge in [0.1, 0.15) is 5.15 Å². The molecule has 1 heterocycles. The molecule has 0 saturated heterocycles. The van der Waals surface area contributed by atoms with Crippen molar-refractivity contribution >= 4 is 35.1 Å². The normalized spacial score (nSPS) is 10.1. The highest BCUT2D eigenvalue weighted by Crippen LogP contribution is 2.20. The third-order valence-electron chi connectivity index (χ3n) is 2.21. The lowest BCUT2D eigenvalue weighted by Crippen LogP contribution is -2.14. The van der Waals surface area contributed by atoms with E-state index in [4.69, 9.17) is 11.6 Å². The van der Waals surface area contributed by atoms with Gasteiger partial charge >= 0.3 is 0 Å². The summed E-state index contributed by atoms with van der Waals surface area (Å²) >= 11 is 7.14. The van der Waals surface area contributed by atoms with Gasteiger partial charge in [-0.05, 0) is 18.4 Å². The number of nitrogens with zero attached hydrogens (tertiary/aromatic N) is 2. The minimum atomic E-state index is -0.212. The van der Waals surface area contributed by atoms with Gasteiger partial charge in [0.15, 0.2) is 5.82 Å². The molecule has 1 aromatic carbocycles. The largest absolute Gasteiger partial charge is 0.305 e. The average molecular weight is 280 g/mol. The first kappa shape index (κ1) is 12.9. The molecule has 0 saturated carbocycles. The first-order valence-corrected chi connectivity index (χ1v) is 6.73. The number of hydrogen-bond donors (Lipinski definition) is 1. The van der Waals surface area contributed by atoms with Crippen molar-refractivity contribution in [2.75, 3.05) is 11.6 Å². The van der Waals surface area contributed by atoms with Crippen molar-refractivity contribution in [1.29, 1.82) is 0 Å². The van der Waals surface area contributed by atoms with Crippen LogP contribution in [0.15, 0.2) is 41.6 Å². The maximum absolute atomic E-state index is 12.1. The van der Waals surface area contributed by atoms with Crippen molar-refractivity contribution < 1.29 is 4.79 Å². The first-order chi connectivity index (χ1) is 8.70. The van der Waals surface area contributed by atoms with Crippen molar-refractivity contribution in [3.05, 3.63) is 47.4 Å². The molecule has 0 radical (unpaired) electrons. The van der Waals surface area contributed by atoms with Crippen LogP contribution >= 0.6 is 23.4 Å². The van der Waals surface area contributed by atoms with Crippen LogP contribution in [0.5, 0.6) is 0 Å². The summed E-state index contributed by atoms with van der Waals surface area (Å²) in [6.45, 7) is 0. The quantitative estimate of drug-likeness (QED) is 0.877. The van der Waals surface area contributed by atoms with E-state index >= 15 is 0 Å². The van der Waals surface area contributed by atoms with E-state index in [9.17, 15) is 4.79 Å². The van der Waals surface area contributed by atoms with Gasteiger partial charge in [-0.2, -0.15) is 0 Å². The second kappa shape index (κ2) is 5.84. The van der Waals surface area contributed by atoms with Gasteiger partial charge in [0, 0.05) is 4.90 Å². The number of carbonyl (C=O) groups is 1. The summed E-state index contributed by atoms with van der Waals surface area (Å²) in [5.41, 5.74) is 0.613. The fourth-order valence-electron chi connectivity index (χ4n) is 1.39. The fourth-order valence-corrected chi connectivity index (χ4v) is 2.09. The maximum Gasteiger partial charge on any atom is 0.257 e. The molecule has 92 valence electrons. The van der Waals surface area contributed by atoms with Gasteiger partial charge in [0.05, 0.1) is 18.0 Å². The van der Waals surface area contributed by atoms with E-state index < -0.39 is 0 Å². The number of benzene rings is 1. The van der Waals surface area contributed by atoms with Gasteiger partial charge in [-0.3, -0.25) is 4.79 Å². The number of hydrogen-bond acceptors (Lipinski definition) is 4. The van der Waals surface area contributed by atoms with E-state index in [0.29, 0.717) is 11.4 Å². The van der Waals surface area contributed by atoms with Crippen LogP contribution in [-0.2, 0) is 0 Å². The lowest BCUT2D eigenvalue weighted by Gasteiger charge is -2.07. The van der Waals surface area contributed by atoms with Gasteiger partial charge in [-0.15, -0.1) is 11.8 Å². The van der Waals surface area contributed by atoms with E-state index in [0.717, 1.165) is 4.90 Å². The predicted molar refractivity (Wildman–Crippen MR) is 73.2 cm³/mol. The van der Waals surface area contributed by atoms with Crippen LogP contribution in [-0.4, -0.2) is 22.1 Å². The summed E-state index contributed by atoms with van der Waals surface area (Å²) in [6, 6.07) is 7.38. The Labute approximate surface area is 114 Å². The molecule has 2 aromatic rings. The van der Waals surface area contributed by atoms with Gasteiger partial charge in [0.2, 0.25) is 0 Å². The number of halogens is 1. The Morgan fingerprint density at radius 2 is 2.06 bits per heavy atom. The smallest absolute Gasteiger partial charge is 0.257 e. The molecular formula is C12H10ClN3OS.